The number of aromatic hydroxyl groups is 1. The lowest BCUT2D eigenvalue weighted by atomic mass is 10.1. The van der Waals surface area contributed by atoms with Crippen LogP contribution in [-0.4, -0.2) is 12.2 Å². The number of phenols is 1. The Labute approximate surface area is 122 Å². The van der Waals surface area contributed by atoms with Gasteiger partial charge in [-0.3, -0.25) is 0 Å². The van der Waals surface area contributed by atoms with Crippen LogP contribution in [0.3, 0.4) is 0 Å². The lowest BCUT2D eigenvalue weighted by molar-refractivity contribution is 0.371. The van der Waals surface area contributed by atoms with Gasteiger partial charge in [0.2, 0.25) is 0 Å². The highest BCUT2D eigenvalue weighted by atomic mass is 35.5. The molecule has 0 unspecified atom stereocenters. The average molecular weight is 296 g/mol. The van der Waals surface area contributed by atoms with Crippen LogP contribution >= 0.6 is 11.6 Å². The van der Waals surface area contributed by atoms with Crippen LogP contribution in [0.25, 0.3) is 0 Å². The molecule has 0 aliphatic rings. The predicted octanol–water partition coefficient (Wildman–Crippen LogP) is 4.11. The maximum absolute atomic E-state index is 13.0. The van der Waals surface area contributed by atoms with Crippen molar-refractivity contribution in [3.05, 3.63) is 52.3 Å². The normalized spacial score (nSPS) is 10.4. The topological polar surface area (TPSA) is 41.5 Å². The van der Waals surface area contributed by atoms with Gasteiger partial charge in [0, 0.05) is 28.9 Å². The highest BCUT2D eigenvalue weighted by Crippen LogP contribution is 2.34. The largest absolute Gasteiger partial charge is 0.504 e. The number of benzene rings is 2. The molecule has 0 aromatic heterocycles. The predicted molar refractivity (Wildman–Crippen MR) is 78.1 cm³/mol. The van der Waals surface area contributed by atoms with Gasteiger partial charge in [-0.2, -0.15) is 0 Å². The van der Waals surface area contributed by atoms with E-state index in [0.717, 1.165) is 11.3 Å². The summed E-state index contributed by atoms with van der Waals surface area (Å²) in [6, 6.07) is 7.69. The average Bonchev–Trinajstić information content (AvgIpc) is 2.41. The fourth-order valence-electron chi connectivity index (χ4n) is 1.93. The van der Waals surface area contributed by atoms with Gasteiger partial charge in [-0.25, -0.2) is 4.39 Å². The SMILES string of the molecule is COc1cc(Cl)cc(CNc2ccc(F)cc2C)c1O. The maximum Gasteiger partial charge on any atom is 0.162 e. The maximum atomic E-state index is 13.0. The number of ether oxygens (including phenoxy) is 1. The third-order valence-electron chi connectivity index (χ3n) is 3.00. The van der Waals surface area contributed by atoms with Crippen molar-refractivity contribution in [2.75, 3.05) is 12.4 Å². The molecule has 0 fully saturated rings. The van der Waals surface area contributed by atoms with Gasteiger partial charge in [0.1, 0.15) is 5.82 Å². The summed E-state index contributed by atoms with van der Waals surface area (Å²) in [5, 5.41) is 13.6. The van der Waals surface area contributed by atoms with E-state index in [0.29, 0.717) is 22.9 Å². The van der Waals surface area contributed by atoms with Crippen molar-refractivity contribution in [1.29, 1.82) is 0 Å². The minimum absolute atomic E-state index is 0.0455. The summed E-state index contributed by atoms with van der Waals surface area (Å²) in [5.74, 6) is 0.0922. The molecule has 0 radical (unpaired) electrons. The van der Waals surface area contributed by atoms with Crippen LogP contribution in [0.1, 0.15) is 11.1 Å². The third-order valence-corrected chi connectivity index (χ3v) is 3.21. The number of nitrogens with one attached hydrogen (secondary N) is 1. The number of hydrogen-bond acceptors (Lipinski definition) is 3. The zero-order valence-corrected chi connectivity index (χ0v) is 12.0. The first-order valence-corrected chi connectivity index (χ1v) is 6.44. The molecule has 106 valence electrons. The minimum Gasteiger partial charge on any atom is -0.504 e. The summed E-state index contributed by atoms with van der Waals surface area (Å²) in [4.78, 5) is 0. The summed E-state index contributed by atoms with van der Waals surface area (Å²) in [6.45, 7) is 2.17. The molecular formula is C15H15ClFNO2. The number of hydrogen-bond donors (Lipinski definition) is 2. The van der Waals surface area contributed by atoms with Crippen LogP contribution < -0.4 is 10.1 Å². The van der Waals surface area contributed by atoms with E-state index in [2.05, 4.69) is 5.32 Å². The standard InChI is InChI=1S/C15H15ClFNO2/c1-9-5-12(17)3-4-13(9)18-8-10-6-11(16)7-14(20-2)15(10)19/h3-7,18-19H,8H2,1-2H3. The molecule has 2 aromatic rings. The number of anilines is 1. The van der Waals surface area contributed by atoms with E-state index >= 15 is 0 Å². The van der Waals surface area contributed by atoms with Crippen molar-refractivity contribution < 1.29 is 14.2 Å². The van der Waals surface area contributed by atoms with Crippen LogP contribution in [0.15, 0.2) is 30.3 Å². The molecule has 2 N–H and O–H groups in total. The summed E-state index contributed by atoms with van der Waals surface area (Å²) < 4.78 is 18.1. The Morgan fingerprint density at radius 1 is 1.30 bits per heavy atom. The molecule has 2 rings (SSSR count). The van der Waals surface area contributed by atoms with Crippen LogP contribution in [0, 0.1) is 12.7 Å². The molecule has 0 bridgehead atoms. The summed E-state index contributed by atoms with van der Waals surface area (Å²) in [7, 11) is 1.46. The Morgan fingerprint density at radius 2 is 2.05 bits per heavy atom. The van der Waals surface area contributed by atoms with E-state index in [-0.39, 0.29) is 11.6 Å². The highest BCUT2D eigenvalue weighted by molar-refractivity contribution is 6.30. The molecule has 0 aliphatic carbocycles. The van der Waals surface area contributed by atoms with Crippen LogP contribution in [-0.2, 0) is 6.54 Å². The molecule has 0 spiro atoms. The number of aryl methyl sites for hydroxylation is 1. The van der Waals surface area contributed by atoms with E-state index in [9.17, 15) is 9.50 Å². The van der Waals surface area contributed by atoms with Crippen LogP contribution in [0.2, 0.25) is 5.02 Å². The van der Waals surface area contributed by atoms with Gasteiger partial charge < -0.3 is 15.2 Å². The van der Waals surface area contributed by atoms with Crippen molar-refractivity contribution in [3.63, 3.8) is 0 Å². The van der Waals surface area contributed by atoms with Crippen molar-refractivity contribution in [3.8, 4) is 11.5 Å². The molecule has 0 saturated heterocycles. The van der Waals surface area contributed by atoms with Crippen molar-refractivity contribution in [2.24, 2.45) is 0 Å². The molecule has 20 heavy (non-hydrogen) atoms. The Hall–Kier alpha value is -1.94. The summed E-state index contributed by atoms with van der Waals surface area (Å²) in [6.07, 6.45) is 0. The molecule has 0 heterocycles. The second-order valence-electron chi connectivity index (χ2n) is 4.43. The first-order valence-electron chi connectivity index (χ1n) is 6.06. The van der Waals surface area contributed by atoms with Crippen LogP contribution in [0.5, 0.6) is 11.5 Å². The Bertz CT molecular complexity index is 632. The minimum atomic E-state index is -0.277. The molecule has 3 nitrogen and oxygen atoms in total. The fourth-order valence-corrected chi connectivity index (χ4v) is 2.17. The number of phenolic OH excluding ortho intramolecular Hbond substituents is 1. The first kappa shape index (κ1) is 14.5. The van der Waals surface area contributed by atoms with Crippen molar-refractivity contribution in [2.45, 2.75) is 13.5 Å². The quantitative estimate of drug-likeness (QED) is 0.892. The van der Waals surface area contributed by atoms with E-state index in [1.54, 1.807) is 18.2 Å². The van der Waals surface area contributed by atoms with E-state index in [1.807, 2.05) is 6.92 Å². The molecule has 0 amide bonds. The zero-order valence-electron chi connectivity index (χ0n) is 11.2. The monoisotopic (exact) mass is 295 g/mol. The van der Waals surface area contributed by atoms with Crippen molar-refractivity contribution >= 4 is 17.3 Å². The summed E-state index contributed by atoms with van der Waals surface area (Å²) in [5.41, 5.74) is 2.20. The van der Waals surface area contributed by atoms with Crippen molar-refractivity contribution in [1.82, 2.24) is 0 Å². The van der Waals surface area contributed by atoms with Gasteiger partial charge in [0.05, 0.1) is 7.11 Å². The lowest BCUT2D eigenvalue weighted by Gasteiger charge is -2.13. The number of rotatable bonds is 4. The second-order valence-corrected chi connectivity index (χ2v) is 4.87. The van der Waals surface area contributed by atoms with E-state index in [1.165, 1.54) is 19.2 Å². The molecule has 0 atom stereocenters. The summed E-state index contributed by atoms with van der Waals surface area (Å²) >= 11 is 5.97. The van der Waals surface area contributed by atoms with Gasteiger partial charge in [-0.15, -0.1) is 0 Å². The van der Waals surface area contributed by atoms with Gasteiger partial charge in [0.15, 0.2) is 11.5 Å². The van der Waals surface area contributed by atoms with Gasteiger partial charge >= 0.3 is 0 Å². The molecule has 5 heteroatoms. The molecule has 0 aliphatic heterocycles. The zero-order chi connectivity index (χ0) is 14.7. The molecule has 0 saturated carbocycles. The van der Waals surface area contributed by atoms with Gasteiger partial charge in [0.25, 0.3) is 0 Å². The van der Waals surface area contributed by atoms with E-state index < -0.39 is 0 Å². The third kappa shape index (κ3) is 3.14. The highest BCUT2D eigenvalue weighted by Gasteiger charge is 2.10. The second kappa shape index (κ2) is 6.01. The number of halogens is 2. The molecule has 2 aromatic carbocycles. The van der Waals surface area contributed by atoms with Gasteiger partial charge in [-0.1, -0.05) is 11.6 Å². The van der Waals surface area contributed by atoms with Gasteiger partial charge in [-0.05, 0) is 36.8 Å². The Morgan fingerprint density at radius 3 is 2.70 bits per heavy atom. The lowest BCUT2D eigenvalue weighted by Crippen LogP contribution is -2.02. The number of methoxy groups -OCH3 is 1. The molecular weight excluding hydrogens is 281 g/mol. The fraction of sp³-hybridized carbons (Fsp3) is 0.200. The smallest absolute Gasteiger partial charge is 0.162 e. The Kier molecular flexibility index (Phi) is 4.35. The first-order chi connectivity index (χ1) is 9.51. The Balaban J connectivity index is 2.20. The van der Waals surface area contributed by atoms with Crippen LogP contribution in [0.4, 0.5) is 10.1 Å². The van der Waals surface area contributed by atoms with E-state index in [4.69, 9.17) is 16.3 Å².